The van der Waals surface area contributed by atoms with Crippen LogP contribution < -0.4 is 0 Å². The molecule has 6 heteroatoms. The molecule has 0 bridgehead atoms. The number of likely N-dealkylation sites (tertiary alicyclic amines) is 1. The molecule has 1 aliphatic heterocycles. The summed E-state index contributed by atoms with van der Waals surface area (Å²) >= 11 is 0. The predicted octanol–water partition coefficient (Wildman–Crippen LogP) is 0.798. The molecule has 0 saturated carbocycles. The Hall–Kier alpha value is -1.33. The number of aliphatic carboxylic acids is 1. The van der Waals surface area contributed by atoms with Crippen LogP contribution in [0.3, 0.4) is 0 Å². The van der Waals surface area contributed by atoms with Crippen molar-refractivity contribution in [3.05, 3.63) is 0 Å². The highest BCUT2D eigenvalue weighted by Crippen LogP contribution is 2.38. The van der Waals surface area contributed by atoms with E-state index in [1.54, 1.807) is 0 Å². The van der Waals surface area contributed by atoms with Crippen molar-refractivity contribution in [2.45, 2.75) is 26.1 Å². The Kier molecular flexibility index (Phi) is 2.39. The monoisotopic (exact) mass is 205 g/mol. The van der Waals surface area contributed by atoms with Crippen LogP contribution in [0.1, 0.15) is 13.8 Å². The highest BCUT2D eigenvalue weighted by Gasteiger charge is 2.54. The van der Waals surface area contributed by atoms with Gasteiger partial charge in [0.1, 0.15) is 12.2 Å². The smallest absolute Gasteiger partial charge is 0.408 e. The molecule has 1 fully saturated rings. The lowest BCUT2D eigenvalue weighted by Crippen LogP contribution is -2.46. The molecule has 1 aliphatic rings. The maximum absolute atomic E-state index is 13.4. The quantitative estimate of drug-likeness (QED) is 0.663. The topological polar surface area (TPSA) is 77.8 Å². The molecular formula is C8H12FNO4. The minimum atomic E-state index is -1.44. The van der Waals surface area contributed by atoms with Crippen molar-refractivity contribution in [2.75, 3.05) is 6.54 Å². The van der Waals surface area contributed by atoms with Gasteiger partial charge < -0.3 is 10.2 Å². The van der Waals surface area contributed by atoms with E-state index in [1.165, 1.54) is 13.8 Å². The van der Waals surface area contributed by atoms with Crippen molar-refractivity contribution in [2.24, 2.45) is 5.41 Å². The van der Waals surface area contributed by atoms with E-state index in [-0.39, 0.29) is 6.54 Å². The van der Waals surface area contributed by atoms with Gasteiger partial charge in [-0.3, -0.25) is 4.90 Å². The van der Waals surface area contributed by atoms with E-state index in [9.17, 15) is 14.0 Å². The van der Waals surface area contributed by atoms with Crippen LogP contribution in [0.4, 0.5) is 9.18 Å². The Labute approximate surface area is 80.1 Å². The molecule has 1 amide bonds. The molecule has 2 unspecified atom stereocenters. The van der Waals surface area contributed by atoms with E-state index >= 15 is 0 Å². The normalized spacial score (nSPS) is 30.4. The van der Waals surface area contributed by atoms with Crippen molar-refractivity contribution < 1.29 is 24.2 Å². The van der Waals surface area contributed by atoms with Crippen LogP contribution in [0.5, 0.6) is 0 Å². The van der Waals surface area contributed by atoms with Gasteiger partial charge in [0.05, 0.1) is 6.54 Å². The van der Waals surface area contributed by atoms with Crippen LogP contribution in [0.15, 0.2) is 0 Å². The Bertz CT molecular complexity index is 279. The minimum absolute atomic E-state index is 0.376. The number of halogens is 1. The first-order chi connectivity index (χ1) is 6.28. The molecule has 0 radical (unpaired) electrons. The first kappa shape index (κ1) is 10.7. The highest BCUT2D eigenvalue weighted by molar-refractivity contribution is 5.81. The number of rotatable bonds is 1. The second-order valence-electron chi connectivity index (χ2n) is 3.96. The van der Waals surface area contributed by atoms with Gasteiger partial charge in [0.15, 0.2) is 0 Å². The summed E-state index contributed by atoms with van der Waals surface area (Å²) < 4.78 is 13.4. The van der Waals surface area contributed by atoms with Crippen molar-refractivity contribution in [3.63, 3.8) is 0 Å². The standard InChI is InChI=1S/C8H12FNO4/c1-8(2)4(9)3-10(7(13)14)5(8)6(11)12/h4-5H,3H2,1-2H3,(H,11,12)(H,13,14). The zero-order valence-corrected chi connectivity index (χ0v) is 7.90. The van der Waals surface area contributed by atoms with Crippen LogP contribution in [0, 0.1) is 5.41 Å². The number of carboxylic acid groups (broad SMARTS) is 2. The van der Waals surface area contributed by atoms with Gasteiger partial charge in [0.25, 0.3) is 0 Å². The number of carboxylic acids is 1. The van der Waals surface area contributed by atoms with E-state index in [0.717, 1.165) is 0 Å². The van der Waals surface area contributed by atoms with E-state index in [1.807, 2.05) is 0 Å². The summed E-state index contributed by atoms with van der Waals surface area (Å²) in [4.78, 5) is 22.1. The van der Waals surface area contributed by atoms with Gasteiger partial charge in [0.2, 0.25) is 0 Å². The van der Waals surface area contributed by atoms with Crippen LogP contribution in [0.2, 0.25) is 0 Å². The summed E-state index contributed by atoms with van der Waals surface area (Å²) in [5.41, 5.74) is -1.18. The number of amides is 1. The zero-order chi connectivity index (χ0) is 11.1. The van der Waals surface area contributed by atoms with Crippen LogP contribution >= 0.6 is 0 Å². The summed E-state index contributed by atoms with van der Waals surface area (Å²) in [6.45, 7) is 2.46. The Balaban J connectivity index is 3.04. The van der Waals surface area contributed by atoms with E-state index in [2.05, 4.69) is 0 Å². The summed E-state index contributed by atoms with van der Waals surface area (Å²) in [5.74, 6) is -1.31. The lowest BCUT2D eigenvalue weighted by molar-refractivity contribution is -0.144. The average Bonchev–Trinajstić information content (AvgIpc) is 2.23. The van der Waals surface area contributed by atoms with Gasteiger partial charge in [-0.25, -0.2) is 14.0 Å². The molecule has 1 saturated heterocycles. The third-order valence-corrected chi connectivity index (χ3v) is 2.66. The Morgan fingerprint density at radius 1 is 1.43 bits per heavy atom. The summed E-state index contributed by atoms with van der Waals surface area (Å²) in [6.07, 6.45) is -2.84. The molecular weight excluding hydrogens is 193 g/mol. The second-order valence-corrected chi connectivity index (χ2v) is 3.96. The average molecular weight is 205 g/mol. The van der Waals surface area contributed by atoms with Gasteiger partial charge in [-0.05, 0) is 0 Å². The van der Waals surface area contributed by atoms with Crippen LogP contribution in [-0.2, 0) is 4.79 Å². The summed E-state index contributed by atoms with van der Waals surface area (Å²) in [6, 6.07) is -1.31. The lowest BCUT2D eigenvalue weighted by Gasteiger charge is -2.27. The molecule has 2 atom stereocenters. The first-order valence-electron chi connectivity index (χ1n) is 4.15. The first-order valence-corrected chi connectivity index (χ1v) is 4.15. The molecule has 0 aromatic carbocycles. The fraction of sp³-hybridized carbons (Fsp3) is 0.750. The van der Waals surface area contributed by atoms with Gasteiger partial charge in [0, 0.05) is 5.41 Å². The zero-order valence-electron chi connectivity index (χ0n) is 7.90. The summed E-state index contributed by atoms with van der Waals surface area (Å²) in [5, 5.41) is 17.5. The fourth-order valence-corrected chi connectivity index (χ4v) is 1.73. The minimum Gasteiger partial charge on any atom is -0.480 e. The molecule has 0 aromatic rings. The summed E-state index contributed by atoms with van der Waals surface area (Å²) in [7, 11) is 0. The van der Waals surface area contributed by atoms with Gasteiger partial charge in [-0.15, -0.1) is 0 Å². The van der Waals surface area contributed by atoms with Gasteiger partial charge >= 0.3 is 12.1 Å². The molecule has 80 valence electrons. The Morgan fingerprint density at radius 3 is 2.21 bits per heavy atom. The molecule has 0 spiro atoms. The molecule has 1 heterocycles. The lowest BCUT2D eigenvalue weighted by atomic mass is 9.83. The number of carbonyl (C=O) groups is 2. The van der Waals surface area contributed by atoms with Crippen LogP contribution in [0.25, 0.3) is 0 Å². The predicted molar refractivity (Wildman–Crippen MR) is 44.8 cm³/mol. The van der Waals surface area contributed by atoms with Crippen LogP contribution in [-0.4, -0.2) is 45.9 Å². The number of hydrogen-bond acceptors (Lipinski definition) is 2. The Morgan fingerprint density at radius 2 is 1.93 bits per heavy atom. The molecule has 0 aliphatic carbocycles. The van der Waals surface area contributed by atoms with Crippen molar-refractivity contribution >= 4 is 12.1 Å². The van der Waals surface area contributed by atoms with Crippen molar-refractivity contribution in [3.8, 4) is 0 Å². The van der Waals surface area contributed by atoms with Crippen molar-refractivity contribution in [1.29, 1.82) is 0 Å². The second kappa shape index (κ2) is 3.11. The number of alkyl halides is 1. The number of nitrogens with zero attached hydrogens (tertiary/aromatic N) is 1. The highest BCUT2D eigenvalue weighted by atomic mass is 19.1. The van der Waals surface area contributed by atoms with Gasteiger partial charge in [-0.2, -0.15) is 0 Å². The molecule has 14 heavy (non-hydrogen) atoms. The molecule has 5 nitrogen and oxygen atoms in total. The molecule has 1 rings (SSSR count). The molecule has 2 N–H and O–H groups in total. The maximum atomic E-state index is 13.4. The van der Waals surface area contributed by atoms with Gasteiger partial charge in [-0.1, -0.05) is 13.8 Å². The van der Waals surface area contributed by atoms with E-state index in [4.69, 9.17) is 10.2 Å². The SMILES string of the molecule is CC1(C)C(F)CN(C(=O)O)C1C(=O)O. The fourth-order valence-electron chi connectivity index (χ4n) is 1.73. The third kappa shape index (κ3) is 1.40. The largest absolute Gasteiger partial charge is 0.480 e. The molecule has 0 aromatic heterocycles. The van der Waals surface area contributed by atoms with Crippen molar-refractivity contribution in [1.82, 2.24) is 4.90 Å². The number of hydrogen-bond donors (Lipinski definition) is 2. The van der Waals surface area contributed by atoms with E-state index < -0.39 is 29.7 Å². The maximum Gasteiger partial charge on any atom is 0.408 e. The van der Waals surface area contributed by atoms with E-state index in [0.29, 0.717) is 4.90 Å². The third-order valence-electron chi connectivity index (χ3n) is 2.66.